The number of fused-ring (bicyclic) bond motifs is 2. The molecule has 0 aromatic carbocycles. The molecule has 3 rings (SSSR count). The highest BCUT2D eigenvalue weighted by Gasteiger charge is 2.40. The third kappa shape index (κ3) is 1.57. The Balaban J connectivity index is 1.80. The molecule has 2 fully saturated rings. The van der Waals surface area contributed by atoms with Crippen LogP contribution in [0.3, 0.4) is 0 Å². The number of halogens is 1. The van der Waals surface area contributed by atoms with Crippen LogP contribution in [0.5, 0.6) is 0 Å². The van der Waals surface area contributed by atoms with Crippen molar-refractivity contribution in [2.24, 2.45) is 5.92 Å². The van der Waals surface area contributed by atoms with E-state index in [1.54, 1.807) is 12.1 Å². The lowest BCUT2D eigenvalue weighted by atomic mass is 10.1. The van der Waals surface area contributed by atoms with Crippen LogP contribution in [0.2, 0.25) is 5.15 Å². The van der Waals surface area contributed by atoms with Gasteiger partial charge in [0.1, 0.15) is 0 Å². The van der Waals surface area contributed by atoms with Crippen LogP contribution in [0.4, 0.5) is 0 Å². The van der Waals surface area contributed by atoms with E-state index in [1.807, 2.05) is 4.90 Å². The number of likely N-dealkylation sites (tertiary alicyclic amines) is 1. The fraction of sp³-hybridized carbons (Fsp3) is 0.545. The fourth-order valence-electron chi connectivity index (χ4n) is 2.75. The average Bonchev–Trinajstić information content (AvgIpc) is 2.91. The van der Waals surface area contributed by atoms with Gasteiger partial charge >= 0.3 is 0 Å². The summed E-state index contributed by atoms with van der Waals surface area (Å²) in [5.74, 6) is 0.700. The molecule has 1 amide bonds. The van der Waals surface area contributed by atoms with Crippen molar-refractivity contribution in [1.29, 1.82) is 0 Å². The molecule has 2 bridgehead atoms. The number of carbonyl (C=O) groups is 1. The summed E-state index contributed by atoms with van der Waals surface area (Å²) in [6, 6.07) is 3.68. The quantitative estimate of drug-likeness (QED) is 0.748. The van der Waals surface area contributed by atoms with E-state index in [0.29, 0.717) is 22.8 Å². The first-order chi connectivity index (χ1) is 7.74. The van der Waals surface area contributed by atoms with Gasteiger partial charge in [-0.05, 0) is 37.3 Å². The molecule has 2 atom stereocenters. The summed E-state index contributed by atoms with van der Waals surface area (Å²) in [5.41, 5.74) is 0.400. The van der Waals surface area contributed by atoms with E-state index in [-0.39, 0.29) is 5.91 Å². The maximum Gasteiger partial charge on any atom is 0.274 e. The van der Waals surface area contributed by atoms with E-state index >= 15 is 0 Å². The van der Waals surface area contributed by atoms with Crippen molar-refractivity contribution >= 4 is 17.5 Å². The summed E-state index contributed by atoms with van der Waals surface area (Å²) in [6.45, 7) is 0.883. The van der Waals surface area contributed by atoms with Crippen molar-refractivity contribution in [2.75, 3.05) is 6.54 Å². The maximum atomic E-state index is 12.1. The molecule has 4 nitrogen and oxygen atoms in total. The van der Waals surface area contributed by atoms with E-state index in [1.165, 1.54) is 6.42 Å². The number of hydrogen-bond donors (Lipinski definition) is 0. The molecule has 1 saturated carbocycles. The Kier molecular flexibility index (Phi) is 2.32. The first-order valence-corrected chi connectivity index (χ1v) is 5.92. The van der Waals surface area contributed by atoms with Gasteiger partial charge in [-0.2, -0.15) is 0 Å². The number of carbonyl (C=O) groups excluding carboxylic acids is 1. The lowest BCUT2D eigenvalue weighted by Crippen LogP contribution is -2.38. The van der Waals surface area contributed by atoms with Gasteiger partial charge < -0.3 is 4.90 Å². The van der Waals surface area contributed by atoms with Gasteiger partial charge in [0.25, 0.3) is 5.91 Å². The lowest BCUT2D eigenvalue weighted by Gasteiger charge is -2.26. The molecular weight excluding hydrogens is 226 g/mol. The third-order valence-corrected chi connectivity index (χ3v) is 3.72. The van der Waals surface area contributed by atoms with Crippen molar-refractivity contribution in [3.63, 3.8) is 0 Å². The van der Waals surface area contributed by atoms with Crippen molar-refractivity contribution in [3.05, 3.63) is 23.0 Å². The molecule has 1 aliphatic carbocycles. The highest BCUT2D eigenvalue weighted by atomic mass is 35.5. The summed E-state index contributed by atoms with van der Waals surface area (Å²) in [4.78, 5) is 14.1. The molecule has 2 heterocycles. The van der Waals surface area contributed by atoms with Gasteiger partial charge in [-0.15, -0.1) is 10.2 Å². The monoisotopic (exact) mass is 237 g/mol. The maximum absolute atomic E-state index is 12.1. The minimum Gasteiger partial charge on any atom is -0.334 e. The number of amides is 1. The molecular formula is C11H12ClN3O. The Labute approximate surface area is 98.6 Å². The zero-order valence-electron chi connectivity index (χ0n) is 8.77. The van der Waals surface area contributed by atoms with Crippen molar-refractivity contribution in [3.8, 4) is 0 Å². The lowest BCUT2D eigenvalue weighted by molar-refractivity contribution is 0.0696. The highest BCUT2D eigenvalue weighted by molar-refractivity contribution is 6.29. The Morgan fingerprint density at radius 3 is 2.81 bits per heavy atom. The van der Waals surface area contributed by atoms with Crippen molar-refractivity contribution in [2.45, 2.75) is 25.3 Å². The molecule has 0 N–H and O–H groups in total. The van der Waals surface area contributed by atoms with Gasteiger partial charge in [-0.3, -0.25) is 4.79 Å². The first kappa shape index (κ1) is 10.0. The normalized spacial score (nSPS) is 27.4. The number of piperidine rings is 1. The summed E-state index contributed by atoms with van der Waals surface area (Å²) in [6.07, 6.45) is 3.56. The van der Waals surface area contributed by atoms with Gasteiger partial charge in [-0.25, -0.2) is 0 Å². The first-order valence-electron chi connectivity index (χ1n) is 5.54. The van der Waals surface area contributed by atoms with E-state index in [0.717, 1.165) is 19.4 Å². The summed E-state index contributed by atoms with van der Waals surface area (Å²) in [7, 11) is 0. The van der Waals surface area contributed by atoms with Crippen LogP contribution in [0.15, 0.2) is 12.1 Å². The minimum atomic E-state index is -0.00336. The van der Waals surface area contributed by atoms with Crippen LogP contribution >= 0.6 is 11.6 Å². The fourth-order valence-corrected chi connectivity index (χ4v) is 2.85. The second-order valence-corrected chi connectivity index (χ2v) is 4.92. The van der Waals surface area contributed by atoms with Gasteiger partial charge in [-0.1, -0.05) is 11.6 Å². The third-order valence-electron chi connectivity index (χ3n) is 3.52. The van der Waals surface area contributed by atoms with Crippen LogP contribution in [0, 0.1) is 5.92 Å². The molecule has 0 spiro atoms. The Morgan fingerprint density at radius 1 is 1.38 bits per heavy atom. The molecule has 2 unspecified atom stereocenters. The van der Waals surface area contributed by atoms with E-state index in [2.05, 4.69) is 10.2 Å². The number of aromatic nitrogens is 2. The van der Waals surface area contributed by atoms with E-state index < -0.39 is 0 Å². The molecule has 0 radical (unpaired) electrons. The van der Waals surface area contributed by atoms with Crippen LogP contribution in [0.25, 0.3) is 0 Å². The summed E-state index contributed by atoms with van der Waals surface area (Å²) in [5, 5.41) is 7.85. The zero-order valence-corrected chi connectivity index (χ0v) is 9.52. The Hall–Kier alpha value is -1.16. The zero-order chi connectivity index (χ0) is 11.1. The van der Waals surface area contributed by atoms with Gasteiger partial charge in [0, 0.05) is 12.6 Å². The van der Waals surface area contributed by atoms with E-state index in [4.69, 9.17) is 11.6 Å². The average molecular weight is 238 g/mol. The summed E-state index contributed by atoms with van der Waals surface area (Å²) < 4.78 is 0. The van der Waals surface area contributed by atoms with Crippen LogP contribution in [-0.4, -0.2) is 33.6 Å². The second kappa shape index (κ2) is 3.70. The van der Waals surface area contributed by atoms with Crippen LogP contribution in [-0.2, 0) is 0 Å². The SMILES string of the molecule is O=C(c1ccc(Cl)nn1)N1CC2CCC1C2. The molecule has 1 aromatic rings. The molecule has 1 aliphatic heterocycles. The van der Waals surface area contributed by atoms with Crippen LogP contribution in [0.1, 0.15) is 29.8 Å². The van der Waals surface area contributed by atoms with Gasteiger partial charge in [0.15, 0.2) is 10.8 Å². The Bertz CT molecular complexity index is 420. The number of rotatable bonds is 1. The van der Waals surface area contributed by atoms with Crippen molar-refractivity contribution < 1.29 is 4.79 Å². The number of nitrogens with zero attached hydrogens (tertiary/aromatic N) is 3. The Morgan fingerprint density at radius 2 is 2.25 bits per heavy atom. The smallest absolute Gasteiger partial charge is 0.274 e. The molecule has 5 heteroatoms. The minimum absolute atomic E-state index is 0.00336. The molecule has 1 aromatic heterocycles. The molecule has 1 saturated heterocycles. The predicted molar refractivity (Wildman–Crippen MR) is 59.2 cm³/mol. The van der Waals surface area contributed by atoms with Gasteiger partial charge in [0.2, 0.25) is 0 Å². The highest BCUT2D eigenvalue weighted by Crippen LogP contribution is 2.37. The molecule has 2 aliphatic rings. The second-order valence-electron chi connectivity index (χ2n) is 4.53. The standard InChI is InChI=1S/C11H12ClN3O/c12-10-4-3-9(13-14-10)11(16)15-6-7-1-2-8(15)5-7/h3-4,7-8H,1-2,5-6H2. The summed E-state index contributed by atoms with van der Waals surface area (Å²) >= 11 is 5.64. The van der Waals surface area contributed by atoms with Crippen molar-refractivity contribution in [1.82, 2.24) is 15.1 Å². The molecule has 84 valence electrons. The topological polar surface area (TPSA) is 46.1 Å². The predicted octanol–water partition coefficient (Wildman–Crippen LogP) is 1.75. The van der Waals surface area contributed by atoms with E-state index in [9.17, 15) is 4.79 Å². The largest absolute Gasteiger partial charge is 0.334 e. The van der Waals surface area contributed by atoms with Gasteiger partial charge in [0.05, 0.1) is 0 Å². The number of hydrogen-bond acceptors (Lipinski definition) is 3. The van der Waals surface area contributed by atoms with Crippen LogP contribution < -0.4 is 0 Å². The molecule has 16 heavy (non-hydrogen) atoms.